The molecule has 0 fully saturated rings. The van der Waals surface area contributed by atoms with Crippen molar-refractivity contribution in [2.24, 2.45) is 5.92 Å². The lowest BCUT2D eigenvalue weighted by Crippen LogP contribution is -2.31. The molecule has 0 saturated heterocycles. The van der Waals surface area contributed by atoms with Crippen LogP contribution < -0.4 is 0 Å². The fourth-order valence-electron chi connectivity index (χ4n) is 3.51. The average Bonchev–Trinajstić information content (AvgIpc) is 3.14. The van der Waals surface area contributed by atoms with Crippen molar-refractivity contribution >= 4 is 15.7 Å². The first-order chi connectivity index (χ1) is 15.2. The molecular weight excluding hydrogens is 429 g/mol. The third kappa shape index (κ3) is 5.62. The fraction of sp³-hybridized carbons (Fsp3) is 0.333. The Morgan fingerprint density at radius 2 is 1.84 bits per heavy atom. The number of carbonyl (C=O) groups excluding carboxylic acids is 1. The van der Waals surface area contributed by atoms with E-state index in [1.54, 1.807) is 39.8 Å². The summed E-state index contributed by atoms with van der Waals surface area (Å²) in [6, 6.07) is 14.5. The number of benzene rings is 2. The smallest absolute Gasteiger partial charge is 0.254 e. The Hall–Kier alpha value is -3.00. The van der Waals surface area contributed by atoms with Gasteiger partial charge in [-0.1, -0.05) is 50.2 Å². The van der Waals surface area contributed by atoms with Crippen LogP contribution in [0.15, 0.2) is 66.0 Å². The number of aromatic nitrogens is 2. The molecule has 32 heavy (non-hydrogen) atoms. The zero-order valence-electron chi connectivity index (χ0n) is 18.5. The van der Waals surface area contributed by atoms with Gasteiger partial charge in [-0.3, -0.25) is 4.79 Å². The van der Waals surface area contributed by atoms with Gasteiger partial charge in [0.15, 0.2) is 0 Å². The number of hydrogen-bond acceptors (Lipinski definition) is 4. The van der Waals surface area contributed by atoms with E-state index in [1.165, 1.54) is 24.4 Å². The van der Waals surface area contributed by atoms with E-state index in [0.29, 0.717) is 24.3 Å². The first kappa shape index (κ1) is 23.7. The Morgan fingerprint density at radius 3 is 2.47 bits per heavy atom. The Labute approximate surface area is 188 Å². The second kappa shape index (κ2) is 10.1. The van der Waals surface area contributed by atoms with Crippen LogP contribution in [0, 0.1) is 11.7 Å². The molecule has 0 bridgehead atoms. The highest BCUT2D eigenvalue weighted by Crippen LogP contribution is 2.21. The second-order valence-electron chi connectivity index (χ2n) is 8.11. The molecule has 0 aliphatic carbocycles. The van der Waals surface area contributed by atoms with Gasteiger partial charge >= 0.3 is 0 Å². The molecule has 170 valence electrons. The van der Waals surface area contributed by atoms with E-state index < -0.39 is 15.7 Å². The Kier molecular flexibility index (Phi) is 7.45. The van der Waals surface area contributed by atoms with Gasteiger partial charge in [-0.15, -0.1) is 0 Å². The Balaban J connectivity index is 1.92. The highest BCUT2D eigenvalue weighted by molar-refractivity contribution is 7.90. The minimum Gasteiger partial charge on any atom is -0.333 e. The highest BCUT2D eigenvalue weighted by atomic mass is 32.2. The van der Waals surface area contributed by atoms with Crippen LogP contribution in [0.2, 0.25) is 0 Å². The largest absolute Gasteiger partial charge is 0.333 e. The number of halogens is 1. The summed E-state index contributed by atoms with van der Waals surface area (Å²) in [5.41, 5.74) is 1.56. The molecule has 2 aromatic carbocycles. The van der Waals surface area contributed by atoms with E-state index >= 15 is 0 Å². The first-order valence-electron chi connectivity index (χ1n) is 10.6. The van der Waals surface area contributed by atoms with Crippen molar-refractivity contribution in [2.45, 2.75) is 44.8 Å². The summed E-state index contributed by atoms with van der Waals surface area (Å²) < 4.78 is 41.6. The topological polar surface area (TPSA) is 72.3 Å². The molecule has 3 aromatic rings. The number of sulfone groups is 1. The summed E-state index contributed by atoms with van der Waals surface area (Å²) in [6.07, 6.45) is 1.52. The number of carbonyl (C=O) groups is 1. The van der Waals surface area contributed by atoms with Crippen LogP contribution in [-0.2, 0) is 28.7 Å². The van der Waals surface area contributed by atoms with Crippen molar-refractivity contribution in [2.75, 3.05) is 6.54 Å². The third-order valence-electron chi connectivity index (χ3n) is 5.02. The van der Waals surface area contributed by atoms with E-state index in [9.17, 15) is 17.6 Å². The van der Waals surface area contributed by atoms with Gasteiger partial charge in [-0.05, 0) is 36.6 Å². The standard InChI is InChI=1S/C24H28FN3O3S/c1-4-27(23(29)20-11-8-12-21(25)13-20)16-22-14-26-24(28(22)15-18(2)3)32(30,31)17-19-9-6-5-7-10-19/h5-14,18H,4,15-17H2,1-3H3. The van der Waals surface area contributed by atoms with Crippen molar-refractivity contribution < 1.29 is 17.6 Å². The second-order valence-corrected chi connectivity index (χ2v) is 9.99. The van der Waals surface area contributed by atoms with Crippen molar-refractivity contribution in [3.8, 4) is 0 Å². The fourth-order valence-corrected chi connectivity index (χ4v) is 5.01. The number of hydrogen-bond donors (Lipinski definition) is 0. The molecule has 1 amide bonds. The molecule has 0 aliphatic rings. The van der Waals surface area contributed by atoms with Gasteiger partial charge in [0.25, 0.3) is 5.91 Å². The lowest BCUT2D eigenvalue weighted by Gasteiger charge is -2.23. The van der Waals surface area contributed by atoms with Crippen molar-refractivity contribution in [1.29, 1.82) is 0 Å². The zero-order chi connectivity index (χ0) is 23.3. The normalized spacial score (nSPS) is 11.7. The van der Waals surface area contributed by atoms with Crippen molar-refractivity contribution in [3.63, 3.8) is 0 Å². The molecule has 3 rings (SSSR count). The van der Waals surface area contributed by atoms with E-state index in [4.69, 9.17) is 0 Å². The maximum Gasteiger partial charge on any atom is 0.254 e. The predicted molar refractivity (Wildman–Crippen MR) is 121 cm³/mol. The number of imidazole rings is 1. The van der Waals surface area contributed by atoms with Gasteiger partial charge in [0.2, 0.25) is 15.0 Å². The summed E-state index contributed by atoms with van der Waals surface area (Å²) in [4.78, 5) is 18.7. The van der Waals surface area contributed by atoms with Crippen molar-refractivity contribution in [1.82, 2.24) is 14.5 Å². The van der Waals surface area contributed by atoms with Crippen LogP contribution in [-0.4, -0.2) is 35.3 Å². The van der Waals surface area contributed by atoms with Gasteiger partial charge < -0.3 is 9.47 Å². The van der Waals surface area contributed by atoms with Crippen LogP contribution in [0.5, 0.6) is 0 Å². The SMILES string of the molecule is CCN(Cc1cnc(S(=O)(=O)Cc2ccccc2)n1CC(C)C)C(=O)c1cccc(F)c1. The summed E-state index contributed by atoms with van der Waals surface area (Å²) in [6.45, 7) is 6.82. The molecule has 0 aliphatic heterocycles. The maximum absolute atomic E-state index is 13.6. The summed E-state index contributed by atoms with van der Waals surface area (Å²) in [5, 5.41) is -0.000638. The minimum absolute atomic E-state index is 0.000638. The summed E-state index contributed by atoms with van der Waals surface area (Å²) in [7, 11) is -3.69. The van der Waals surface area contributed by atoms with Gasteiger partial charge in [0, 0.05) is 18.7 Å². The highest BCUT2D eigenvalue weighted by Gasteiger charge is 2.26. The average molecular weight is 458 g/mol. The summed E-state index contributed by atoms with van der Waals surface area (Å²) in [5.74, 6) is -0.783. The number of rotatable bonds is 9. The van der Waals surface area contributed by atoms with Gasteiger partial charge in [-0.2, -0.15) is 0 Å². The monoisotopic (exact) mass is 457 g/mol. The van der Waals surface area contributed by atoms with Crippen LogP contribution in [0.25, 0.3) is 0 Å². The van der Waals surface area contributed by atoms with Crippen LogP contribution in [0.3, 0.4) is 0 Å². The first-order valence-corrected chi connectivity index (χ1v) is 12.2. The molecule has 0 spiro atoms. The van der Waals surface area contributed by atoms with E-state index in [2.05, 4.69) is 4.98 Å². The molecule has 0 unspecified atom stereocenters. The molecule has 1 aromatic heterocycles. The molecule has 6 nitrogen and oxygen atoms in total. The number of nitrogens with zero attached hydrogens (tertiary/aromatic N) is 3. The third-order valence-corrected chi connectivity index (χ3v) is 6.62. The maximum atomic E-state index is 13.6. The van der Waals surface area contributed by atoms with Gasteiger partial charge in [-0.25, -0.2) is 17.8 Å². The lowest BCUT2D eigenvalue weighted by atomic mass is 10.2. The zero-order valence-corrected chi connectivity index (χ0v) is 19.3. The van der Waals surface area contributed by atoms with Crippen LogP contribution >= 0.6 is 0 Å². The quantitative estimate of drug-likeness (QED) is 0.480. The van der Waals surface area contributed by atoms with E-state index in [0.717, 1.165) is 0 Å². The van der Waals surface area contributed by atoms with Crippen LogP contribution in [0.4, 0.5) is 4.39 Å². The Bertz CT molecular complexity index is 1170. The molecule has 8 heteroatoms. The minimum atomic E-state index is -3.69. The van der Waals surface area contributed by atoms with Gasteiger partial charge in [0.1, 0.15) is 5.82 Å². The van der Waals surface area contributed by atoms with Crippen LogP contribution in [0.1, 0.15) is 42.4 Å². The van der Waals surface area contributed by atoms with E-state index in [1.807, 2.05) is 26.8 Å². The molecule has 0 N–H and O–H groups in total. The van der Waals surface area contributed by atoms with Crippen molar-refractivity contribution in [3.05, 3.63) is 83.4 Å². The molecule has 0 atom stereocenters. The van der Waals surface area contributed by atoms with Gasteiger partial charge in [0.05, 0.1) is 24.2 Å². The Morgan fingerprint density at radius 1 is 1.12 bits per heavy atom. The summed E-state index contributed by atoms with van der Waals surface area (Å²) >= 11 is 0. The molecule has 0 saturated carbocycles. The predicted octanol–water partition coefficient (Wildman–Crippen LogP) is 4.31. The lowest BCUT2D eigenvalue weighted by molar-refractivity contribution is 0.0748. The molecule has 0 radical (unpaired) electrons. The molecular formula is C24H28FN3O3S. The van der Waals surface area contributed by atoms with E-state index in [-0.39, 0.29) is 34.8 Å². The molecule has 1 heterocycles. The number of amides is 1.